The van der Waals surface area contributed by atoms with E-state index in [4.69, 9.17) is 5.11 Å². The zero-order valence-corrected chi connectivity index (χ0v) is 12.0. The summed E-state index contributed by atoms with van der Waals surface area (Å²) < 4.78 is 0. The zero-order valence-electron chi connectivity index (χ0n) is 12.0. The summed E-state index contributed by atoms with van der Waals surface area (Å²) >= 11 is 0. The van der Waals surface area contributed by atoms with Gasteiger partial charge in [-0.3, -0.25) is 0 Å². The van der Waals surface area contributed by atoms with Crippen molar-refractivity contribution in [2.24, 2.45) is 0 Å². The van der Waals surface area contributed by atoms with Crippen molar-refractivity contribution in [1.29, 1.82) is 0 Å². The molecule has 0 aromatic carbocycles. The number of aliphatic hydroxyl groups is 1. The van der Waals surface area contributed by atoms with Gasteiger partial charge in [-0.2, -0.15) is 0 Å². The number of carbonyl (C=O) groups is 1. The second kappa shape index (κ2) is 20.1. The molecule has 0 rings (SSSR count). The predicted octanol–water partition coefficient (Wildman–Crippen LogP) is 4.98. The highest BCUT2D eigenvalue weighted by molar-refractivity contribution is 5.52. The van der Waals surface area contributed by atoms with Crippen LogP contribution in [0.5, 0.6) is 0 Å². The summed E-state index contributed by atoms with van der Waals surface area (Å²) in [4.78, 5) is 9.87. The first-order chi connectivity index (χ1) is 8.08. The number of aliphatic hydroxyl groups excluding tert-OH is 1. The summed E-state index contributed by atoms with van der Waals surface area (Å²) in [6, 6.07) is 0. The molecule has 0 amide bonds. The maximum atomic E-state index is 9.87. The van der Waals surface area contributed by atoms with Gasteiger partial charge in [0.1, 0.15) is 12.0 Å². The fourth-order valence-corrected chi connectivity index (χ4v) is 0.620. The molecular formula is C15H28O2. The summed E-state index contributed by atoms with van der Waals surface area (Å²) in [6.07, 6.45) is 8.87. The highest BCUT2D eigenvalue weighted by atomic mass is 16.3. The van der Waals surface area contributed by atoms with Gasteiger partial charge in [0.25, 0.3) is 0 Å². The molecule has 0 saturated carbocycles. The molecule has 2 nitrogen and oxygen atoms in total. The van der Waals surface area contributed by atoms with E-state index < -0.39 is 0 Å². The SMILES string of the molecule is C=C(O)/C=C(C)\C=C/CC=O.CC.CCCC. The average Bonchev–Trinajstić information content (AvgIpc) is 2.31. The molecule has 0 spiro atoms. The number of aldehydes is 1. The van der Waals surface area contributed by atoms with Gasteiger partial charge in [-0.15, -0.1) is 0 Å². The Balaban J connectivity index is -0.000000275. The third-order valence-electron chi connectivity index (χ3n) is 1.51. The van der Waals surface area contributed by atoms with Crippen LogP contribution >= 0.6 is 0 Å². The molecule has 0 saturated heterocycles. The molecule has 0 aromatic rings. The average molecular weight is 240 g/mol. The molecule has 0 aromatic heterocycles. The van der Waals surface area contributed by atoms with Crippen LogP contribution in [-0.4, -0.2) is 11.4 Å². The van der Waals surface area contributed by atoms with Crippen LogP contribution in [0.4, 0.5) is 0 Å². The van der Waals surface area contributed by atoms with Gasteiger partial charge in [0.05, 0.1) is 0 Å². The minimum absolute atomic E-state index is 0.0262. The fourth-order valence-electron chi connectivity index (χ4n) is 0.620. The van der Waals surface area contributed by atoms with Gasteiger partial charge in [-0.25, -0.2) is 0 Å². The second-order valence-corrected chi connectivity index (χ2v) is 3.18. The highest BCUT2D eigenvalue weighted by Crippen LogP contribution is 1.98. The zero-order chi connectivity index (χ0) is 14.1. The molecule has 17 heavy (non-hydrogen) atoms. The van der Waals surface area contributed by atoms with E-state index >= 15 is 0 Å². The number of rotatable bonds is 5. The highest BCUT2D eigenvalue weighted by Gasteiger charge is 1.82. The first-order valence-electron chi connectivity index (χ1n) is 6.24. The Morgan fingerprint density at radius 2 is 1.71 bits per heavy atom. The van der Waals surface area contributed by atoms with Crippen molar-refractivity contribution in [3.8, 4) is 0 Å². The monoisotopic (exact) mass is 240 g/mol. The maximum absolute atomic E-state index is 9.87. The Morgan fingerprint density at radius 1 is 1.24 bits per heavy atom. The second-order valence-electron chi connectivity index (χ2n) is 3.18. The lowest BCUT2D eigenvalue weighted by Gasteiger charge is -1.89. The van der Waals surface area contributed by atoms with Crippen molar-refractivity contribution in [3.05, 3.63) is 36.1 Å². The smallest absolute Gasteiger partial charge is 0.123 e. The van der Waals surface area contributed by atoms with Crippen molar-refractivity contribution in [2.75, 3.05) is 0 Å². The van der Waals surface area contributed by atoms with Gasteiger partial charge >= 0.3 is 0 Å². The molecule has 0 aliphatic heterocycles. The van der Waals surface area contributed by atoms with E-state index in [2.05, 4.69) is 20.4 Å². The predicted molar refractivity (Wildman–Crippen MR) is 77.3 cm³/mol. The topological polar surface area (TPSA) is 37.3 Å². The molecule has 0 heterocycles. The normalized spacial score (nSPS) is 9.82. The quantitative estimate of drug-likeness (QED) is 0.418. The van der Waals surface area contributed by atoms with Crippen molar-refractivity contribution < 1.29 is 9.90 Å². The molecule has 100 valence electrons. The maximum Gasteiger partial charge on any atom is 0.123 e. The van der Waals surface area contributed by atoms with Crippen LogP contribution < -0.4 is 0 Å². The minimum atomic E-state index is 0.0262. The third-order valence-corrected chi connectivity index (χ3v) is 1.51. The fraction of sp³-hybridized carbons (Fsp3) is 0.533. The van der Waals surface area contributed by atoms with E-state index in [-0.39, 0.29) is 5.76 Å². The van der Waals surface area contributed by atoms with Gasteiger partial charge < -0.3 is 9.90 Å². The molecule has 1 N–H and O–H groups in total. The van der Waals surface area contributed by atoms with E-state index in [0.717, 1.165) is 11.9 Å². The Kier molecular flexibility index (Phi) is 24.9. The van der Waals surface area contributed by atoms with Gasteiger partial charge in [0.2, 0.25) is 0 Å². The lowest BCUT2D eigenvalue weighted by Crippen LogP contribution is -1.73. The van der Waals surface area contributed by atoms with Crippen LogP contribution in [0.1, 0.15) is 53.9 Å². The van der Waals surface area contributed by atoms with E-state index in [0.29, 0.717) is 6.42 Å². The van der Waals surface area contributed by atoms with Crippen molar-refractivity contribution >= 4 is 6.29 Å². The Bertz CT molecular complexity index is 223. The number of allylic oxidation sites excluding steroid dienone is 4. The van der Waals surface area contributed by atoms with Gasteiger partial charge in [0, 0.05) is 6.42 Å². The molecule has 0 atom stereocenters. The number of hydrogen-bond acceptors (Lipinski definition) is 2. The van der Waals surface area contributed by atoms with Crippen LogP contribution in [0.2, 0.25) is 0 Å². The van der Waals surface area contributed by atoms with Crippen LogP contribution in [0, 0.1) is 0 Å². The Morgan fingerprint density at radius 3 is 2.00 bits per heavy atom. The molecule has 0 radical (unpaired) electrons. The standard InChI is InChI=1S/C9H12O2.C4H10.C2H6/c1-8(7-9(2)11)5-3-4-6-10;1-3-4-2;1-2/h3,5-7,11H,2,4H2,1H3;3-4H2,1-2H3;1-2H3/b5-3-,8-7-;;. The largest absolute Gasteiger partial charge is 0.509 e. The van der Waals surface area contributed by atoms with E-state index in [1.807, 2.05) is 20.8 Å². The lowest BCUT2D eigenvalue weighted by atomic mass is 10.2. The summed E-state index contributed by atoms with van der Waals surface area (Å²) in [5.74, 6) is 0.0262. The van der Waals surface area contributed by atoms with E-state index in [1.165, 1.54) is 18.9 Å². The number of hydrogen-bond donors (Lipinski definition) is 1. The first-order valence-corrected chi connectivity index (χ1v) is 6.24. The Hall–Kier alpha value is -1.31. The van der Waals surface area contributed by atoms with Gasteiger partial charge in [-0.1, -0.05) is 59.3 Å². The third kappa shape index (κ3) is 31.3. The molecule has 2 heteroatoms. The van der Waals surface area contributed by atoms with Crippen LogP contribution in [0.25, 0.3) is 0 Å². The van der Waals surface area contributed by atoms with Crippen molar-refractivity contribution in [3.63, 3.8) is 0 Å². The number of carbonyl (C=O) groups excluding carboxylic acids is 1. The van der Waals surface area contributed by atoms with Crippen LogP contribution in [0.3, 0.4) is 0 Å². The summed E-state index contributed by atoms with van der Waals surface area (Å²) in [7, 11) is 0. The Labute approximate surface area is 107 Å². The number of unbranched alkanes of at least 4 members (excludes halogenated alkanes) is 1. The van der Waals surface area contributed by atoms with E-state index in [1.54, 1.807) is 12.2 Å². The molecule has 0 aliphatic rings. The van der Waals surface area contributed by atoms with E-state index in [9.17, 15) is 4.79 Å². The minimum Gasteiger partial charge on any atom is -0.509 e. The van der Waals surface area contributed by atoms with Crippen molar-refractivity contribution in [1.82, 2.24) is 0 Å². The van der Waals surface area contributed by atoms with Crippen LogP contribution in [0.15, 0.2) is 36.1 Å². The van der Waals surface area contributed by atoms with Crippen LogP contribution in [-0.2, 0) is 4.79 Å². The molecule has 0 bridgehead atoms. The summed E-state index contributed by atoms with van der Waals surface area (Å²) in [5, 5.41) is 8.71. The molecule has 0 fully saturated rings. The molecule has 0 aliphatic carbocycles. The van der Waals surface area contributed by atoms with Crippen molar-refractivity contribution in [2.45, 2.75) is 53.9 Å². The summed E-state index contributed by atoms with van der Waals surface area (Å²) in [6.45, 7) is 13.5. The molecular weight excluding hydrogens is 212 g/mol. The molecule has 0 unspecified atom stereocenters. The first kappa shape index (κ1) is 21.0. The van der Waals surface area contributed by atoms with Gasteiger partial charge in [-0.05, 0) is 18.6 Å². The lowest BCUT2D eigenvalue weighted by molar-refractivity contribution is -0.107. The summed E-state index contributed by atoms with van der Waals surface area (Å²) in [5.41, 5.74) is 0.874. The van der Waals surface area contributed by atoms with Gasteiger partial charge in [0.15, 0.2) is 0 Å².